The molecule has 3 aromatic rings. The number of aromatic hydroxyl groups is 1. The third-order valence-corrected chi connectivity index (χ3v) is 3.69. The first-order valence-electron chi connectivity index (χ1n) is 7.25. The molecule has 0 aliphatic heterocycles. The largest absolute Gasteiger partial charge is 0.497 e. The minimum Gasteiger partial charge on any atom is -0.497 e. The number of hydrogen-bond acceptors (Lipinski definition) is 4. The molecule has 7 heteroatoms. The summed E-state index contributed by atoms with van der Waals surface area (Å²) in [4.78, 5) is 2.84. The lowest BCUT2D eigenvalue weighted by atomic mass is 10.2. The van der Waals surface area contributed by atoms with Crippen molar-refractivity contribution in [3.8, 4) is 11.6 Å². The summed E-state index contributed by atoms with van der Waals surface area (Å²) in [6.45, 7) is 2.01. The summed E-state index contributed by atoms with van der Waals surface area (Å²) in [5.41, 5.74) is 3.04. The SMILES string of the molecule is COc1ccc2[nH]c(O)c(N=NC(=S)Nc3ccc(C)cc3)c2c1. The zero-order valence-corrected chi connectivity index (χ0v) is 14.0. The fourth-order valence-corrected chi connectivity index (χ4v) is 2.41. The van der Waals surface area contributed by atoms with Crippen LogP contribution in [0.5, 0.6) is 11.6 Å². The lowest BCUT2D eigenvalue weighted by Crippen LogP contribution is -2.04. The molecule has 1 heterocycles. The molecular weight excluding hydrogens is 324 g/mol. The maximum atomic E-state index is 10.0. The summed E-state index contributed by atoms with van der Waals surface area (Å²) >= 11 is 5.17. The van der Waals surface area contributed by atoms with Crippen molar-refractivity contribution in [2.75, 3.05) is 12.4 Å². The molecule has 0 saturated heterocycles. The molecular formula is C17H16N4O2S. The molecule has 0 unspecified atom stereocenters. The van der Waals surface area contributed by atoms with E-state index in [0.29, 0.717) is 16.8 Å². The van der Waals surface area contributed by atoms with E-state index in [4.69, 9.17) is 17.0 Å². The van der Waals surface area contributed by atoms with Gasteiger partial charge in [0.1, 0.15) is 5.75 Å². The highest BCUT2D eigenvalue weighted by molar-refractivity contribution is 7.80. The quantitative estimate of drug-likeness (QED) is 0.478. The van der Waals surface area contributed by atoms with Crippen LogP contribution in [0.2, 0.25) is 0 Å². The van der Waals surface area contributed by atoms with E-state index in [1.807, 2.05) is 31.2 Å². The number of fused-ring (bicyclic) bond motifs is 1. The third-order valence-electron chi connectivity index (χ3n) is 3.50. The number of aryl methyl sites for hydroxylation is 1. The van der Waals surface area contributed by atoms with E-state index in [-0.39, 0.29) is 11.0 Å². The van der Waals surface area contributed by atoms with E-state index in [0.717, 1.165) is 16.8 Å². The summed E-state index contributed by atoms with van der Waals surface area (Å²) in [6, 6.07) is 13.1. The summed E-state index contributed by atoms with van der Waals surface area (Å²) < 4.78 is 5.19. The Balaban J connectivity index is 1.83. The molecule has 0 bridgehead atoms. The van der Waals surface area contributed by atoms with Gasteiger partial charge in [-0.3, -0.25) is 0 Å². The van der Waals surface area contributed by atoms with Crippen LogP contribution in [-0.2, 0) is 0 Å². The molecule has 0 atom stereocenters. The van der Waals surface area contributed by atoms with Crippen molar-refractivity contribution < 1.29 is 9.84 Å². The second-order valence-electron chi connectivity index (χ2n) is 5.23. The number of thiocarbonyl (C=S) groups is 1. The molecule has 2 aromatic carbocycles. The van der Waals surface area contributed by atoms with Gasteiger partial charge in [0, 0.05) is 11.1 Å². The van der Waals surface area contributed by atoms with Crippen LogP contribution in [0.1, 0.15) is 5.56 Å². The Morgan fingerprint density at radius 1 is 1.21 bits per heavy atom. The van der Waals surface area contributed by atoms with Crippen LogP contribution in [0.3, 0.4) is 0 Å². The number of anilines is 1. The van der Waals surface area contributed by atoms with Crippen molar-refractivity contribution in [3.05, 3.63) is 48.0 Å². The van der Waals surface area contributed by atoms with Crippen LogP contribution in [-0.4, -0.2) is 22.3 Å². The van der Waals surface area contributed by atoms with Crippen LogP contribution in [0, 0.1) is 6.92 Å². The molecule has 0 aliphatic carbocycles. The number of azo groups is 1. The van der Waals surface area contributed by atoms with E-state index in [1.54, 1.807) is 25.3 Å². The maximum absolute atomic E-state index is 10.0. The molecule has 122 valence electrons. The Hall–Kier alpha value is -2.93. The minimum atomic E-state index is -0.0693. The van der Waals surface area contributed by atoms with Crippen LogP contribution < -0.4 is 10.1 Å². The smallest absolute Gasteiger partial charge is 0.218 e. The second kappa shape index (κ2) is 6.67. The Morgan fingerprint density at radius 2 is 1.96 bits per heavy atom. The molecule has 3 N–H and O–H groups in total. The fourth-order valence-electron chi connectivity index (χ4n) is 2.25. The molecule has 0 aliphatic rings. The molecule has 3 rings (SSSR count). The van der Waals surface area contributed by atoms with Gasteiger partial charge >= 0.3 is 0 Å². The van der Waals surface area contributed by atoms with Crippen molar-refractivity contribution in [1.29, 1.82) is 0 Å². The van der Waals surface area contributed by atoms with Gasteiger partial charge in [-0.15, -0.1) is 10.2 Å². The fraction of sp³-hybridized carbons (Fsp3) is 0.118. The number of aromatic nitrogens is 1. The number of ether oxygens (including phenoxy) is 1. The number of benzene rings is 2. The van der Waals surface area contributed by atoms with Crippen molar-refractivity contribution >= 4 is 39.6 Å². The molecule has 0 amide bonds. The van der Waals surface area contributed by atoms with Gasteiger partial charge in [0.25, 0.3) is 0 Å². The molecule has 0 saturated carbocycles. The zero-order chi connectivity index (χ0) is 17.1. The van der Waals surface area contributed by atoms with E-state index in [1.165, 1.54) is 0 Å². The van der Waals surface area contributed by atoms with Crippen LogP contribution in [0.4, 0.5) is 11.4 Å². The van der Waals surface area contributed by atoms with Crippen molar-refractivity contribution in [1.82, 2.24) is 4.98 Å². The van der Waals surface area contributed by atoms with Gasteiger partial charge in [0.2, 0.25) is 11.0 Å². The van der Waals surface area contributed by atoms with Crippen LogP contribution in [0.15, 0.2) is 52.7 Å². The number of hydrogen-bond donors (Lipinski definition) is 3. The number of methoxy groups -OCH3 is 1. The number of rotatable bonds is 3. The number of nitrogens with one attached hydrogen (secondary N) is 2. The predicted molar refractivity (Wildman–Crippen MR) is 98.4 cm³/mol. The average Bonchev–Trinajstić information content (AvgIpc) is 2.89. The Kier molecular flexibility index (Phi) is 4.43. The molecule has 1 aromatic heterocycles. The summed E-state index contributed by atoms with van der Waals surface area (Å²) in [7, 11) is 1.58. The van der Waals surface area contributed by atoms with Crippen LogP contribution >= 0.6 is 12.2 Å². The van der Waals surface area contributed by atoms with Gasteiger partial charge in [-0.1, -0.05) is 17.7 Å². The highest BCUT2D eigenvalue weighted by Crippen LogP contribution is 2.37. The van der Waals surface area contributed by atoms with Gasteiger partial charge < -0.3 is 20.1 Å². The maximum Gasteiger partial charge on any atom is 0.218 e. The molecule has 24 heavy (non-hydrogen) atoms. The summed E-state index contributed by atoms with van der Waals surface area (Å²) in [5, 5.41) is 21.9. The third kappa shape index (κ3) is 3.36. The molecule has 6 nitrogen and oxygen atoms in total. The van der Waals surface area contributed by atoms with Gasteiger partial charge in [-0.25, -0.2) is 0 Å². The van der Waals surface area contributed by atoms with Gasteiger partial charge in [0.05, 0.1) is 12.6 Å². The average molecular weight is 340 g/mol. The zero-order valence-electron chi connectivity index (χ0n) is 13.2. The number of nitrogens with zero attached hydrogens (tertiary/aromatic N) is 2. The van der Waals surface area contributed by atoms with Crippen molar-refractivity contribution in [2.45, 2.75) is 6.92 Å². The first-order valence-corrected chi connectivity index (χ1v) is 7.65. The van der Waals surface area contributed by atoms with Crippen LogP contribution in [0.25, 0.3) is 10.9 Å². The first kappa shape index (κ1) is 15.9. The molecule has 0 radical (unpaired) electrons. The monoisotopic (exact) mass is 340 g/mol. The van der Waals surface area contributed by atoms with E-state index in [9.17, 15) is 5.11 Å². The van der Waals surface area contributed by atoms with Gasteiger partial charge in [0.15, 0.2) is 5.69 Å². The lowest BCUT2D eigenvalue weighted by Gasteiger charge is -2.03. The minimum absolute atomic E-state index is 0.0693. The number of aromatic amines is 1. The Morgan fingerprint density at radius 3 is 2.67 bits per heavy atom. The summed E-state index contributed by atoms with van der Waals surface area (Å²) in [6.07, 6.45) is 0. The first-order chi connectivity index (χ1) is 11.6. The Bertz CT molecular complexity index is 916. The van der Waals surface area contributed by atoms with E-state index in [2.05, 4.69) is 20.5 Å². The topological polar surface area (TPSA) is 82.0 Å². The predicted octanol–water partition coefficient (Wildman–Crippen LogP) is 4.67. The van der Waals surface area contributed by atoms with E-state index < -0.39 is 0 Å². The molecule has 0 spiro atoms. The second-order valence-corrected chi connectivity index (χ2v) is 5.62. The number of H-pyrrole nitrogens is 1. The normalized spacial score (nSPS) is 11.1. The van der Waals surface area contributed by atoms with Crippen molar-refractivity contribution in [2.24, 2.45) is 10.2 Å². The molecule has 0 fully saturated rings. The lowest BCUT2D eigenvalue weighted by molar-refractivity contribution is 0.415. The Labute approximate surface area is 144 Å². The van der Waals surface area contributed by atoms with Gasteiger partial charge in [-0.05, 0) is 49.5 Å². The summed E-state index contributed by atoms with van der Waals surface area (Å²) in [5.74, 6) is 0.596. The highest BCUT2D eigenvalue weighted by atomic mass is 32.1. The van der Waals surface area contributed by atoms with Gasteiger partial charge in [-0.2, -0.15) is 0 Å². The van der Waals surface area contributed by atoms with E-state index >= 15 is 0 Å². The standard InChI is InChI=1S/C17H16N4O2S/c1-10-3-5-11(6-4-10)18-17(24)21-20-15-13-9-12(23-2)7-8-14(13)19-16(15)22/h3-9,19,22H,1-2H3,(H,18,24). The highest BCUT2D eigenvalue weighted by Gasteiger charge is 2.11. The van der Waals surface area contributed by atoms with Crippen molar-refractivity contribution in [3.63, 3.8) is 0 Å².